The van der Waals surface area contributed by atoms with Gasteiger partial charge in [0.25, 0.3) is 0 Å². The molecular formula is C11H14ClFN2O. The van der Waals surface area contributed by atoms with Gasteiger partial charge in [0.15, 0.2) is 5.82 Å². The maximum atomic E-state index is 13.4. The van der Waals surface area contributed by atoms with Crippen LogP contribution in [0.4, 0.5) is 14.9 Å². The van der Waals surface area contributed by atoms with E-state index < -0.39 is 11.8 Å². The summed E-state index contributed by atoms with van der Waals surface area (Å²) in [5.74, 6) is -0.631. The van der Waals surface area contributed by atoms with Crippen molar-refractivity contribution < 1.29 is 9.18 Å². The lowest BCUT2D eigenvalue weighted by Gasteiger charge is -2.20. The molecule has 5 heteroatoms. The Morgan fingerprint density at radius 2 is 2.00 bits per heavy atom. The van der Waals surface area contributed by atoms with E-state index in [0.29, 0.717) is 0 Å². The van der Waals surface area contributed by atoms with Crippen LogP contribution < -0.4 is 10.6 Å². The Bertz CT molecular complexity index is 401. The lowest BCUT2D eigenvalue weighted by molar-refractivity contribution is 0.243. The average Bonchev–Trinajstić information content (AvgIpc) is 2.09. The summed E-state index contributed by atoms with van der Waals surface area (Å²) in [6.45, 7) is 5.50. The third-order valence-electron chi connectivity index (χ3n) is 1.69. The lowest BCUT2D eigenvalue weighted by atomic mass is 10.1. The molecule has 0 aromatic heterocycles. The van der Waals surface area contributed by atoms with Gasteiger partial charge in [0.1, 0.15) is 0 Å². The van der Waals surface area contributed by atoms with E-state index in [9.17, 15) is 9.18 Å². The second-order valence-corrected chi connectivity index (χ2v) is 4.84. The number of carbonyl (C=O) groups excluding carboxylic acids is 1. The smallest absolute Gasteiger partial charge is 0.319 e. The molecule has 1 aromatic rings. The van der Waals surface area contributed by atoms with Crippen LogP contribution in [0.1, 0.15) is 20.8 Å². The summed E-state index contributed by atoms with van der Waals surface area (Å²) in [4.78, 5) is 11.5. The topological polar surface area (TPSA) is 41.1 Å². The maximum absolute atomic E-state index is 13.4. The van der Waals surface area contributed by atoms with Gasteiger partial charge >= 0.3 is 6.03 Å². The number of benzene rings is 1. The molecule has 0 aliphatic heterocycles. The van der Waals surface area contributed by atoms with E-state index in [4.69, 9.17) is 11.6 Å². The summed E-state index contributed by atoms with van der Waals surface area (Å²) in [6.07, 6.45) is 0. The Morgan fingerprint density at radius 1 is 1.38 bits per heavy atom. The second-order valence-electron chi connectivity index (χ2n) is 4.43. The molecule has 2 N–H and O–H groups in total. The van der Waals surface area contributed by atoms with Gasteiger partial charge in [-0.2, -0.15) is 0 Å². The van der Waals surface area contributed by atoms with Gasteiger partial charge in [0.05, 0.1) is 10.7 Å². The molecule has 0 bridgehead atoms. The summed E-state index contributed by atoms with van der Waals surface area (Å²) in [6, 6.07) is 3.97. The molecule has 0 fully saturated rings. The highest BCUT2D eigenvalue weighted by molar-refractivity contribution is 6.31. The SMILES string of the molecule is CC(C)(C)NC(=O)Nc1cccc(Cl)c1F. The lowest BCUT2D eigenvalue weighted by Crippen LogP contribution is -2.43. The van der Waals surface area contributed by atoms with Gasteiger partial charge < -0.3 is 10.6 Å². The molecule has 0 radical (unpaired) electrons. The van der Waals surface area contributed by atoms with Crippen molar-refractivity contribution in [3.8, 4) is 0 Å². The first-order valence-corrected chi connectivity index (χ1v) is 5.20. The molecule has 0 atom stereocenters. The minimum absolute atomic E-state index is 0.0199. The van der Waals surface area contributed by atoms with E-state index in [1.165, 1.54) is 12.1 Å². The van der Waals surface area contributed by atoms with E-state index >= 15 is 0 Å². The van der Waals surface area contributed by atoms with Crippen LogP contribution in [0.25, 0.3) is 0 Å². The number of halogens is 2. The van der Waals surface area contributed by atoms with E-state index in [0.717, 1.165) is 0 Å². The van der Waals surface area contributed by atoms with Crippen LogP contribution >= 0.6 is 11.6 Å². The van der Waals surface area contributed by atoms with Gasteiger partial charge in [0, 0.05) is 5.54 Å². The second kappa shape index (κ2) is 4.70. The highest BCUT2D eigenvalue weighted by atomic mass is 35.5. The molecule has 16 heavy (non-hydrogen) atoms. The number of nitrogens with one attached hydrogen (secondary N) is 2. The fourth-order valence-corrected chi connectivity index (χ4v) is 1.27. The molecule has 1 aromatic carbocycles. The Kier molecular flexibility index (Phi) is 3.75. The molecule has 0 unspecified atom stereocenters. The highest BCUT2D eigenvalue weighted by Crippen LogP contribution is 2.21. The Morgan fingerprint density at radius 3 is 2.56 bits per heavy atom. The molecule has 0 spiro atoms. The molecule has 0 saturated heterocycles. The Hall–Kier alpha value is -1.29. The van der Waals surface area contributed by atoms with Crippen LogP contribution in [0.5, 0.6) is 0 Å². The summed E-state index contributed by atoms with van der Waals surface area (Å²) in [5.41, 5.74) is -0.312. The van der Waals surface area contributed by atoms with Crippen LogP contribution in [0.3, 0.4) is 0 Å². The Labute approximate surface area is 99.0 Å². The summed E-state index contributed by atoms with van der Waals surface area (Å²) < 4.78 is 13.4. The number of rotatable bonds is 1. The maximum Gasteiger partial charge on any atom is 0.319 e. The summed E-state index contributed by atoms with van der Waals surface area (Å²) >= 11 is 5.58. The first kappa shape index (κ1) is 12.8. The minimum Gasteiger partial charge on any atom is -0.333 e. The van der Waals surface area contributed by atoms with Crippen molar-refractivity contribution in [1.29, 1.82) is 0 Å². The molecule has 0 aliphatic carbocycles. The molecule has 2 amide bonds. The zero-order chi connectivity index (χ0) is 12.3. The van der Waals surface area contributed by atoms with Gasteiger partial charge in [0.2, 0.25) is 0 Å². The number of carbonyl (C=O) groups is 1. The largest absolute Gasteiger partial charge is 0.333 e. The van der Waals surface area contributed by atoms with E-state index in [-0.39, 0.29) is 16.2 Å². The van der Waals surface area contributed by atoms with Crippen LogP contribution in [0.2, 0.25) is 5.02 Å². The number of hydrogen-bond donors (Lipinski definition) is 2. The van der Waals surface area contributed by atoms with Crippen molar-refractivity contribution in [3.05, 3.63) is 29.0 Å². The van der Waals surface area contributed by atoms with Crippen molar-refractivity contribution in [2.45, 2.75) is 26.3 Å². The van der Waals surface area contributed by atoms with E-state index in [1.54, 1.807) is 6.07 Å². The third-order valence-corrected chi connectivity index (χ3v) is 1.98. The number of urea groups is 1. The van der Waals surface area contributed by atoms with Crippen LogP contribution in [-0.2, 0) is 0 Å². The predicted molar refractivity (Wildman–Crippen MR) is 63.3 cm³/mol. The van der Waals surface area contributed by atoms with E-state index in [1.807, 2.05) is 20.8 Å². The molecule has 0 aliphatic rings. The Balaban J connectivity index is 2.74. The van der Waals surface area contributed by atoms with E-state index in [2.05, 4.69) is 10.6 Å². The molecule has 1 rings (SSSR count). The number of hydrogen-bond acceptors (Lipinski definition) is 1. The molecule has 88 valence electrons. The monoisotopic (exact) mass is 244 g/mol. The summed E-state index contributed by atoms with van der Waals surface area (Å²) in [7, 11) is 0. The van der Waals surface area contributed by atoms with Crippen molar-refractivity contribution in [3.63, 3.8) is 0 Å². The summed E-state index contributed by atoms with van der Waals surface area (Å²) in [5, 5.41) is 5.03. The third kappa shape index (κ3) is 3.70. The fraction of sp³-hybridized carbons (Fsp3) is 0.364. The minimum atomic E-state index is -0.631. The normalized spacial score (nSPS) is 11.1. The van der Waals surface area contributed by atoms with Gasteiger partial charge in [-0.1, -0.05) is 17.7 Å². The zero-order valence-corrected chi connectivity index (χ0v) is 10.2. The molecule has 3 nitrogen and oxygen atoms in total. The van der Waals surface area contributed by atoms with Crippen molar-refractivity contribution >= 4 is 23.3 Å². The van der Waals surface area contributed by atoms with Crippen molar-refractivity contribution in [2.24, 2.45) is 0 Å². The number of anilines is 1. The standard InChI is InChI=1S/C11H14ClFN2O/c1-11(2,3)15-10(16)14-8-6-4-5-7(12)9(8)13/h4-6H,1-3H3,(H2,14,15,16). The zero-order valence-electron chi connectivity index (χ0n) is 9.40. The fourth-order valence-electron chi connectivity index (χ4n) is 1.09. The highest BCUT2D eigenvalue weighted by Gasteiger charge is 2.15. The van der Waals surface area contributed by atoms with Crippen molar-refractivity contribution in [2.75, 3.05) is 5.32 Å². The van der Waals surface area contributed by atoms with Crippen LogP contribution in [0, 0.1) is 5.82 Å². The first-order chi connectivity index (χ1) is 7.29. The molecule has 0 heterocycles. The van der Waals surface area contributed by atoms with Crippen LogP contribution in [-0.4, -0.2) is 11.6 Å². The molecular weight excluding hydrogens is 231 g/mol. The average molecular weight is 245 g/mol. The van der Waals surface area contributed by atoms with Gasteiger partial charge in [-0.3, -0.25) is 0 Å². The first-order valence-electron chi connectivity index (χ1n) is 4.83. The van der Waals surface area contributed by atoms with Gasteiger partial charge in [-0.05, 0) is 32.9 Å². The van der Waals surface area contributed by atoms with Crippen molar-refractivity contribution in [1.82, 2.24) is 5.32 Å². The van der Waals surface area contributed by atoms with Crippen LogP contribution in [0.15, 0.2) is 18.2 Å². The van der Waals surface area contributed by atoms with Gasteiger partial charge in [-0.15, -0.1) is 0 Å². The number of amides is 2. The molecule has 0 saturated carbocycles. The quantitative estimate of drug-likeness (QED) is 0.781. The predicted octanol–water partition coefficient (Wildman–Crippen LogP) is 3.40. The van der Waals surface area contributed by atoms with Gasteiger partial charge in [-0.25, -0.2) is 9.18 Å².